The van der Waals surface area contributed by atoms with Gasteiger partial charge in [-0.25, -0.2) is 0 Å². The number of ketones is 1. The van der Waals surface area contributed by atoms with E-state index in [0.29, 0.717) is 0 Å². The summed E-state index contributed by atoms with van der Waals surface area (Å²) in [6.07, 6.45) is 0. The van der Waals surface area contributed by atoms with Gasteiger partial charge in [0, 0.05) is 43.8 Å². The molecule has 0 bridgehead atoms. The molecule has 129 valence electrons. The molecule has 0 atom stereocenters. The van der Waals surface area contributed by atoms with Crippen molar-refractivity contribution in [3.63, 3.8) is 0 Å². The van der Waals surface area contributed by atoms with Crippen molar-refractivity contribution in [1.29, 1.82) is 0 Å². The zero-order chi connectivity index (χ0) is 15.8. The fraction of sp³-hybridized carbons (Fsp3) is 0.286. The summed E-state index contributed by atoms with van der Waals surface area (Å²) in [7, 11) is 0. The molecule has 0 spiro atoms. The van der Waals surface area contributed by atoms with Crippen molar-refractivity contribution >= 4 is 5.78 Å². The van der Waals surface area contributed by atoms with Crippen molar-refractivity contribution in [2.75, 3.05) is 0 Å². The first-order valence-electron chi connectivity index (χ1n) is 7.53. The Morgan fingerprint density at radius 1 is 0.565 bits per heavy atom. The van der Waals surface area contributed by atoms with Crippen LogP contribution in [0.15, 0.2) is 60.7 Å². The van der Waals surface area contributed by atoms with Crippen molar-refractivity contribution in [1.82, 2.24) is 0 Å². The molecule has 0 heterocycles. The fourth-order valence-corrected chi connectivity index (χ4v) is 1.35. The minimum atomic E-state index is 0. The van der Waals surface area contributed by atoms with E-state index in [1.165, 1.54) is 0 Å². The Balaban J connectivity index is -0.000000109. The maximum atomic E-state index is 11.8. The van der Waals surface area contributed by atoms with E-state index in [1.807, 2.05) is 102 Å². The van der Waals surface area contributed by atoms with Gasteiger partial charge in [-0.3, -0.25) is 4.79 Å². The van der Waals surface area contributed by atoms with Crippen LogP contribution in [0, 0.1) is 14.9 Å². The molecule has 0 fully saturated rings. The summed E-state index contributed by atoms with van der Waals surface area (Å²) < 4.78 is 0. The second kappa shape index (κ2) is 26.1. The third-order valence-corrected chi connectivity index (χ3v) is 2.07. The van der Waals surface area contributed by atoms with Gasteiger partial charge in [-0.2, -0.15) is 0 Å². The molecule has 0 aliphatic carbocycles. The molecule has 23 heavy (non-hydrogen) atoms. The molecular formula is C21H34OY-2. The molecular weight excluding hydrogens is 357 g/mol. The van der Waals surface area contributed by atoms with Crippen LogP contribution in [0.2, 0.25) is 0 Å². The summed E-state index contributed by atoms with van der Waals surface area (Å²) in [6, 6.07) is 18.6. The SMILES string of the molecule is CC.CC.CC.O=C(c1ccccc1)c1ccccc1.[CH3-].[CH3-].[Y]. The zero-order valence-corrected chi connectivity index (χ0v) is 19.1. The average Bonchev–Trinajstić information content (AvgIpc) is 2.61. The van der Waals surface area contributed by atoms with Crippen LogP contribution in [0.1, 0.15) is 57.5 Å². The van der Waals surface area contributed by atoms with E-state index < -0.39 is 0 Å². The summed E-state index contributed by atoms with van der Waals surface area (Å²) in [5.74, 6) is 0.0752. The van der Waals surface area contributed by atoms with Gasteiger partial charge in [-0.15, -0.1) is 0 Å². The Kier molecular flexibility index (Phi) is 38.3. The van der Waals surface area contributed by atoms with Crippen LogP contribution in [-0.2, 0) is 32.7 Å². The van der Waals surface area contributed by atoms with Crippen molar-refractivity contribution in [3.8, 4) is 0 Å². The van der Waals surface area contributed by atoms with Crippen molar-refractivity contribution in [2.45, 2.75) is 41.5 Å². The van der Waals surface area contributed by atoms with E-state index in [2.05, 4.69) is 0 Å². The molecule has 0 aliphatic heterocycles. The van der Waals surface area contributed by atoms with E-state index >= 15 is 0 Å². The molecule has 0 saturated carbocycles. The number of hydrogen-bond donors (Lipinski definition) is 0. The molecule has 2 rings (SSSR count). The van der Waals surface area contributed by atoms with Gasteiger partial charge in [0.1, 0.15) is 0 Å². The molecule has 0 amide bonds. The Bertz CT molecular complexity index is 383. The maximum Gasteiger partial charge on any atom is 0.193 e. The topological polar surface area (TPSA) is 17.1 Å². The van der Waals surface area contributed by atoms with E-state index in [9.17, 15) is 4.79 Å². The Morgan fingerprint density at radius 2 is 0.783 bits per heavy atom. The van der Waals surface area contributed by atoms with Gasteiger partial charge in [-0.1, -0.05) is 102 Å². The first kappa shape index (κ1) is 33.7. The summed E-state index contributed by atoms with van der Waals surface area (Å²) >= 11 is 0. The second-order valence-electron chi connectivity index (χ2n) is 3.06. The van der Waals surface area contributed by atoms with Crippen LogP contribution in [0.5, 0.6) is 0 Å². The van der Waals surface area contributed by atoms with Gasteiger partial charge in [0.15, 0.2) is 5.78 Å². The van der Waals surface area contributed by atoms with Crippen LogP contribution < -0.4 is 0 Å². The normalized spacial score (nSPS) is 6.70. The molecule has 1 radical (unpaired) electrons. The minimum Gasteiger partial charge on any atom is -0.358 e. The zero-order valence-electron chi connectivity index (χ0n) is 16.3. The number of carbonyl (C=O) groups excluding carboxylic acids is 1. The molecule has 2 aromatic rings. The number of carbonyl (C=O) groups is 1. The summed E-state index contributed by atoms with van der Waals surface area (Å²) in [4.78, 5) is 11.8. The van der Waals surface area contributed by atoms with Crippen LogP contribution in [0.3, 0.4) is 0 Å². The second-order valence-corrected chi connectivity index (χ2v) is 3.06. The van der Waals surface area contributed by atoms with Gasteiger partial charge in [0.05, 0.1) is 0 Å². The predicted octanol–water partition coefficient (Wildman–Crippen LogP) is 6.89. The fourth-order valence-electron chi connectivity index (χ4n) is 1.35. The summed E-state index contributed by atoms with van der Waals surface area (Å²) in [5.41, 5.74) is 1.47. The minimum absolute atomic E-state index is 0. The summed E-state index contributed by atoms with van der Waals surface area (Å²) in [6.45, 7) is 12.0. The quantitative estimate of drug-likeness (QED) is 0.402. The maximum absolute atomic E-state index is 11.8. The molecule has 1 nitrogen and oxygen atoms in total. The third-order valence-electron chi connectivity index (χ3n) is 2.07. The van der Waals surface area contributed by atoms with Gasteiger partial charge < -0.3 is 14.9 Å². The molecule has 0 aliphatic rings. The molecule has 0 unspecified atom stereocenters. The first-order valence-corrected chi connectivity index (χ1v) is 7.53. The van der Waals surface area contributed by atoms with Crippen molar-refractivity contribution < 1.29 is 37.5 Å². The molecule has 0 aromatic heterocycles. The van der Waals surface area contributed by atoms with E-state index in [1.54, 1.807) is 0 Å². The Hall–Kier alpha value is -0.786. The van der Waals surface area contributed by atoms with Crippen LogP contribution >= 0.6 is 0 Å². The van der Waals surface area contributed by atoms with Gasteiger partial charge >= 0.3 is 0 Å². The predicted molar refractivity (Wildman–Crippen MR) is 103 cm³/mol. The van der Waals surface area contributed by atoms with Crippen LogP contribution in [0.25, 0.3) is 0 Å². The van der Waals surface area contributed by atoms with Crippen molar-refractivity contribution in [3.05, 3.63) is 86.6 Å². The van der Waals surface area contributed by atoms with Crippen molar-refractivity contribution in [2.24, 2.45) is 0 Å². The molecule has 2 aromatic carbocycles. The monoisotopic (exact) mass is 391 g/mol. The third kappa shape index (κ3) is 14.5. The average molecular weight is 391 g/mol. The summed E-state index contributed by atoms with van der Waals surface area (Å²) in [5, 5.41) is 0. The van der Waals surface area contributed by atoms with Gasteiger partial charge in [-0.05, 0) is 0 Å². The smallest absolute Gasteiger partial charge is 0.193 e. The number of hydrogen-bond acceptors (Lipinski definition) is 1. The van der Waals surface area contributed by atoms with Crippen LogP contribution in [0.4, 0.5) is 0 Å². The van der Waals surface area contributed by atoms with E-state index in [4.69, 9.17) is 0 Å². The van der Waals surface area contributed by atoms with E-state index in [-0.39, 0.29) is 53.3 Å². The van der Waals surface area contributed by atoms with Crippen LogP contribution in [-0.4, -0.2) is 5.78 Å². The molecule has 2 heteroatoms. The standard InChI is InChI=1S/C13H10O.3C2H6.2CH3.Y/c14-13(11-7-3-1-4-8-11)12-9-5-2-6-10-12;3*1-2;;;/h1-10H;3*1-2H3;2*1H3;/q;;;;2*-1;. The largest absolute Gasteiger partial charge is 0.358 e. The first-order chi connectivity index (χ1) is 9.88. The number of benzene rings is 2. The van der Waals surface area contributed by atoms with E-state index in [0.717, 1.165) is 11.1 Å². The Morgan fingerprint density at radius 3 is 1.00 bits per heavy atom. The molecule has 0 saturated heterocycles. The Labute approximate surface area is 170 Å². The van der Waals surface area contributed by atoms with Gasteiger partial charge in [0.25, 0.3) is 0 Å². The number of rotatable bonds is 2. The molecule has 0 N–H and O–H groups in total. The van der Waals surface area contributed by atoms with Gasteiger partial charge in [0.2, 0.25) is 0 Å².